The number of hydrogen-bond acceptors (Lipinski definition) is 4. The van der Waals surface area contributed by atoms with Crippen molar-refractivity contribution in [2.45, 2.75) is 0 Å². The summed E-state index contributed by atoms with van der Waals surface area (Å²) in [6.07, 6.45) is 3.61. The molecule has 2 aromatic heterocycles. The van der Waals surface area contributed by atoms with E-state index in [1.807, 2.05) is 37.5 Å². The highest BCUT2D eigenvalue weighted by Gasteiger charge is 2.18. The lowest BCUT2D eigenvalue weighted by atomic mass is 10.0. The second-order valence-corrected chi connectivity index (χ2v) is 5.10. The molecule has 0 spiro atoms. The zero-order valence-electron chi connectivity index (χ0n) is 10.2. The minimum atomic E-state index is 0.307. The second kappa shape index (κ2) is 4.55. The Morgan fingerprint density at radius 2 is 1.95 bits per heavy atom. The summed E-state index contributed by atoms with van der Waals surface area (Å²) in [4.78, 5) is 0. The largest absolute Gasteiger partial charge is 0.367 e. The van der Waals surface area contributed by atoms with Crippen LogP contribution in [0.15, 0.2) is 45.7 Å². The van der Waals surface area contributed by atoms with Gasteiger partial charge in [0.25, 0.3) is 0 Å². The van der Waals surface area contributed by atoms with E-state index < -0.39 is 0 Å². The standard InChI is InChI=1S/C13H11BrN4O/c1-18-7-9(6-16-18)12-11(13(15)19-17-12)8-2-4-10(14)5-3-8/h2-7H,15H2,1H3. The average Bonchev–Trinajstić information content (AvgIpc) is 2.97. The first kappa shape index (κ1) is 12.0. The van der Waals surface area contributed by atoms with Crippen LogP contribution in [0.2, 0.25) is 0 Å². The van der Waals surface area contributed by atoms with Crippen LogP contribution in [-0.2, 0) is 7.05 Å². The smallest absolute Gasteiger partial charge is 0.230 e. The third kappa shape index (κ3) is 2.15. The van der Waals surface area contributed by atoms with Crippen molar-refractivity contribution >= 4 is 21.8 Å². The fraction of sp³-hybridized carbons (Fsp3) is 0.0769. The molecule has 0 saturated heterocycles. The van der Waals surface area contributed by atoms with E-state index in [2.05, 4.69) is 26.2 Å². The van der Waals surface area contributed by atoms with Crippen LogP contribution < -0.4 is 5.73 Å². The SMILES string of the molecule is Cn1cc(-c2noc(N)c2-c2ccc(Br)cc2)cn1. The highest BCUT2D eigenvalue weighted by atomic mass is 79.9. The lowest BCUT2D eigenvalue weighted by Gasteiger charge is -2.01. The Morgan fingerprint density at radius 3 is 2.58 bits per heavy atom. The summed E-state index contributed by atoms with van der Waals surface area (Å²) in [5, 5.41) is 8.17. The Bertz CT molecular complexity index is 715. The predicted molar refractivity (Wildman–Crippen MR) is 76.3 cm³/mol. The molecule has 19 heavy (non-hydrogen) atoms. The molecule has 0 aliphatic rings. The topological polar surface area (TPSA) is 69.9 Å². The lowest BCUT2D eigenvalue weighted by molar-refractivity contribution is 0.439. The minimum Gasteiger partial charge on any atom is -0.367 e. The Labute approximate surface area is 118 Å². The number of aryl methyl sites for hydroxylation is 1. The number of benzene rings is 1. The molecule has 3 rings (SSSR count). The second-order valence-electron chi connectivity index (χ2n) is 4.18. The van der Waals surface area contributed by atoms with Gasteiger partial charge < -0.3 is 10.3 Å². The number of hydrogen-bond donors (Lipinski definition) is 1. The van der Waals surface area contributed by atoms with Crippen LogP contribution in [0.3, 0.4) is 0 Å². The number of anilines is 1. The van der Waals surface area contributed by atoms with Crippen molar-refractivity contribution < 1.29 is 4.52 Å². The molecule has 0 saturated carbocycles. The van der Waals surface area contributed by atoms with Gasteiger partial charge in [0.15, 0.2) is 0 Å². The summed E-state index contributed by atoms with van der Waals surface area (Å²) in [5.74, 6) is 0.307. The van der Waals surface area contributed by atoms with Crippen molar-refractivity contribution in [2.75, 3.05) is 5.73 Å². The Kier molecular flexibility index (Phi) is 2.87. The van der Waals surface area contributed by atoms with Crippen LogP contribution in [0.4, 0.5) is 5.88 Å². The van der Waals surface area contributed by atoms with Crippen molar-refractivity contribution in [1.29, 1.82) is 0 Å². The van der Waals surface area contributed by atoms with Gasteiger partial charge in [0.2, 0.25) is 5.88 Å². The van der Waals surface area contributed by atoms with Crippen molar-refractivity contribution in [3.63, 3.8) is 0 Å². The van der Waals surface area contributed by atoms with E-state index in [0.29, 0.717) is 11.6 Å². The molecular weight excluding hydrogens is 308 g/mol. The van der Waals surface area contributed by atoms with Crippen LogP contribution in [-0.4, -0.2) is 14.9 Å². The van der Waals surface area contributed by atoms with Gasteiger partial charge >= 0.3 is 0 Å². The molecule has 0 fully saturated rings. The van der Waals surface area contributed by atoms with Gasteiger partial charge in [-0.1, -0.05) is 33.2 Å². The number of rotatable bonds is 2. The van der Waals surface area contributed by atoms with Gasteiger partial charge in [0.1, 0.15) is 5.69 Å². The summed E-state index contributed by atoms with van der Waals surface area (Å²) < 4.78 is 7.85. The molecule has 0 amide bonds. The van der Waals surface area contributed by atoms with Gasteiger partial charge in [-0.05, 0) is 17.7 Å². The van der Waals surface area contributed by atoms with Crippen LogP contribution in [0, 0.1) is 0 Å². The van der Waals surface area contributed by atoms with Crippen LogP contribution in [0.25, 0.3) is 22.4 Å². The van der Waals surface area contributed by atoms with Gasteiger partial charge in [-0.25, -0.2) is 0 Å². The maximum atomic E-state index is 5.89. The lowest BCUT2D eigenvalue weighted by Crippen LogP contribution is -1.87. The first-order valence-corrected chi connectivity index (χ1v) is 6.44. The summed E-state index contributed by atoms with van der Waals surface area (Å²) >= 11 is 3.41. The van der Waals surface area contributed by atoms with E-state index in [1.165, 1.54) is 0 Å². The van der Waals surface area contributed by atoms with Gasteiger partial charge in [0, 0.05) is 23.3 Å². The highest BCUT2D eigenvalue weighted by Crippen LogP contribution is 2.36. The summed E-state index contributed by atoms with van der Waals surface area (Å²) in [6, 6.07) is 7.84. The summed E-state index contributed by atoms with van der Waals surface area (Å²) in [7, 11) is 1.85. The molecule has 0 unspecified atom stereocenters. The van der Waals surface area contributed by atoms with E-state index in [0.717, 1.165) is 21.2 Å². The molecule has 2 heterocycles. The van der Waals surface area contributed by atoms with Crippen LogP contribution in [0.1, 0.15) is 0 Å². The zero-order valence-corrected chi connectivity index (χ0v) is 11.8. The first-order valence-electron chi connectivity index (χ1n) is 5.65. The van der Waals surface area contributed by atoms with E-state index in [9.17, 15) is 0 Å². The summed E-state index contributed by atoms with van der Waals surface area (Å²) in [5.41, 5.74) is 9.22. The molecule has 96 valence electrons. The summed E-state index contributed by atoms with van der Waals surface area (Å²) in [6.45, 7) is 0. The number of nitrogens with two attached hydrogens (primary N) is 1. The third-order valence-corrected chi connectivity index (χ3v) is 3.36. The molecular formula is C13H11BrN4O. The predicted octanol–water partition coefficient (Wildman–Crippen LogP) is 3.09. The molecule has 0 bridgehead atoms. The normalized spacial score (nSPS) is 10.8. The minimum absolute atomic E-state index is 0.307. The van der Waals surface area contributed by atoms with E-state index in [4.69, 9.17) is 10.3 Å². The molecule has 6 heteroatoms. The third-order valence-electron chi connectivity index (χ3n) is 2.83. The Balaban J connectivity index is 2.16. The number of halogens is 1. The fourth-order valence-corrected chi connectivity index (χ4v) is 2.20. The highest BCUT2D eigenvalue weighted by molar-refractivity contribution is 9.10. The van der Waals surface area contributed by atoms with E-state index in [1.54, 1.807) is 10.9 Å². The first-order chi connectivity index (χ1) is 9.15. The molecule has 1 aromatic carbocycles. The average molecular weight is 319 g/mol. The maximum Gasteiger partial charge on any atom is 0.230 e. The molecule has 5 nitrogen and oxygen atoms in total. The van der Waals surface area contributed by atoms with E-state index in [-0.39, 0.29) is 0 Å². The maximum absolute atomic E-state index is 5.89. The van der Waals surface area contributed by atoms with Gasteiger partial charge in [-0.3, -0.25) is 4.68 Å². The molecule has 3 aromatic rings. The van der Waals surface area contributed by atoms with Crippen molar-refractivity contribution in [2.24, 2.45) is 7.05 Å². The fourth-order valence-electron chi connectivity index (χ4n) is 1.94. The molecule has 0 atom stereocenters. The Hall–Kier alpha value is -2.08. The molecule has 0 aliphatic carbocycles. The quantitative estimate of drug-likeness (QED) is 0.788. The zero-order chi connectivity index (χ0) is 13.4. The van der Waals surface area contributed by atoms with Crippen molar-refractivity contribution in [3.05, 3.63) is 41.1 Å². The van der Waals surface area contributed by atoms with Crippen molar-refractivity contribution in [3.8, 4) is 22.4 Å². The van der Waals surface area contributed by atoms with Gasteiger partial charge in [0.05, 0.1) is 11.8 Å². The number of nitrogens with zero attached hydrogens (tertiary/aromatic N) is 3. The van der Waals surface area contributed by atoms with Crippen LogP contribution in [0.5, 0.6) is 0 Å². The number of aromatic nitrogens is 3. The molecule has 0 aliphatic heterocycles. The van der Waals surface area contributed by atoms with E-state index >= 15 is 0 Å². The Morgan fingerprint density at radius 1 is 1.21 bits per heavy atom. The molecule has 2 N–H and O–H groups in total. The van der Waals surface area contributed by atoms with Gasteiger partial charge in [-0.15, -0.1) is 0 Å². The monoisotopic (exact) mass is 318 g/mol. The van der Waals surface area contributed by atoms with Crippen molar-refractivity contribution in [1.82, 2.24) is 14.9 Å². The van der Waals surface area contributed by atoms with Gasteiger partial charge in [-0.2, -0.15) is 5.10 Å². The number of nitrogen functional groups attached to an aromatic ring is 1. The van der Waals surface area contributed by atoms with Crippen LogP contribution >= 0.6 is 15.9 Å². The molecule has 0 radical (unpaired) electrons.